The lowest BCUT2D eigenvalue weighted by molar-refractivity contribution is -0.133. The van der Waals surface area contributed by atoms with Crippen molar-refractivity contribution < 1.29 is 14.3 Å². The maximum absolute atomic E-state index is 12.3. The molecule has 0 saturated carbocycles. The molecule has 0 aliphatic carbocycles. The van der Waals surface area contributed by atoms with Crippen molar-refractivity contribution in [3.63, 3.8) is 0 Å². The topological polar surface area (TPSA) is 59.5 Å². The Morgan fingerprint density at radius 1 is 1.11 bits per heavy atom. The van der Waals surface area contributed by atoms with Crippen LogP contribution in [0.2, 0.25) is 0 Å². The van der Waals surface area contributed by atoms with Gasteiger partial charge in [0.25, 0.3) is 5.91 Å². The van der Waals surface area contributed by atoms with Gasteiger partial charge in [-0.1, -0.05) is 30.3 Å². The van der Waals surface area contributed by atoms with E-state index in [2.05, 4.69) is 4.98 Å². The summed E-state index contributed by atoms with van der Waals surface area (Å²) in [7, 11) is 1.69. The molecule has 2 aromatic heterocycles. The number of ether oxygens (including phenoxy) is 1. The minimum absolute atomic E-state index is 0.249. The first-order valence-corrected chi connectivity index (χ1v) is 9.44. The zero-order valence-electron chi connectivity index (χ0n) is 15.2. The number of hydrogen-bond donors (Lipinski definition) is 0. The van der Waals surface area contributed by atoms with E-state index in [1.807, 2.05) is 47.2 Å². The van der Waals surface area contributed by atoms with Gasteiger partial charge in [-0.05, 0) is 41.4 Å². The Hall–Kier alpha value is -2.99. The molecule has 5 nitrogen and oxygen atoms in total. The zero-order chi connectivity index (χ0) is 19.2. The molecular weight excluding hydrogens is 360 g/mol. The van der Waals surface area contributed by atoms with Gasteiger partial charge >= 0.3 is 5.97 Å². The van der Waals surface area contributed by atoms with Crippen molar-refractivity contribution in [3.8, 4) is 11.3 Å². The fourth-order valence-electron chi connectivity index (χ4n) is 2.61. The summed E-state index contributed by atoms with van der Waals surface area (Å²) in [6, 6.07) is 15.2. The Labute approximate surface area is 162 Å². The molecular formula is C21H20N2O3S. The molecule has 2 heterocycles. The van der Waals surface area contributed by atoms with Crippen molar-refractivity contribution in [3.05, 3.63) is 76.1 Å². The Morgan fingerprint density at radius 2 is 1.89 bits per heavy atom. The van der Waals surface area contributed by atoms with Crippen LogP contribution in [0.15, 0.2) is 59.3 Å². The highest BCUT2D eigenvalue weighted by molar-refractivity contribution is 7.07. The first-order valence-electron chi connectivity index (χ1n) is 8.50. The van der Waals surface area contributed by atoms with Gasteiger partial charge in [-0.2, -0.15) is 11.3 Å². The van der Waals surface area contributed by atoms with Crippen molar-refractivity contribution >= 4 is 23.2 Å². The number of hydrogen-bond acceptors (Lipinski definition) is 5. The van der Waals surface area contributed by atoms with Crippen molar-refractivity contribution in [1.29, 1.82) is 0 Å². The van der Waals surface area contributed by atoms with E-state index in [0.29, 0.717) is 17.8 Å². The summed E-state index contributed by atoms with van der Waals surface area (Å²) >= 11 is 1.58. The second-order valence-corrected chi connectivity index (χ2v) is 6.93. The van der Waals surface area contributed by atoms with E-state index in [1.54, 1.807) is 42.3 Å². The molecule has 0 atom stereocenters. The van der Waals surface area contributed by atoms with Crippen LogP contribution in [0.3, 0.4) is 0 Å². The molecule has 3 rings (SSSR count). The lowest BCUT2D eigenvalue weighted by atomic mass is 10.1. The lowest BCUT2D eigenvalue weighted by Gasteiger charge is -2.16. The number of carbonyl (C=O) groups excluding carboxylic acids is 2. The second kappa shape index (κ2) is 8.60. The zero-order valence-corrected chi connectivity index (χ0v) is 16.0. The fourth-order valence-corrected chi connectivity index (χ4v) is 3.27. The summed E-state index contributed by atoms with van der Waals surface area (Å²) in [6.45, 7) is 1.96. The summed E-state index contributed by atoms with van der Waals surface area (Å²) in [5, 5.41) is 3.95. The molecule has 0 radical (unpaired) electrons. The van der Waals surface area contributed by atoms with Crippen LogP contribution in [0, 0.1) is 6.92 Å². The number of rotatable bonds is 6. The van der Waals surface area contributed by atoms with Crippen molar-refractivity contribution in [1.82, 2.24) is 9.88 Å². The summed E-state index contributed by atoms with van der Waals surface area (Å²) in [5.74, 6) is -0.794. The first-order chi connectivity index (χ1) is 13.0. The summed E-state index contributed by atoms with van der Waals surface area (Å²) < 4.78 is 5.19. The van der Waals surface area contributed by atoms with Crippen LogP contribution < -0.4 is 0 Å². The summed E-state index contributed by atoms with van der Waals surface area (Å²) in [5.41, 5.74) is 3.75. The maximum Gasteiger partial charge on any atom is 0.340 e. The number of aryl methyl sites for hydroxylation is 1. The largest absolute Gasteiger partial charge is 0.452 e. The first kappa shape index (κ1) is 18.8. The normalized spacial score (nSPS) is 10.4. The van der Waals surface area contributed by atoms with E-state index in [-0.39, 0.29) is 12.5 Å². The average molecular weight is 380 g/mol. The van der Waals surface area contributed by atoms with Gasteiger partial charge in [-0.25, -0.2) is 4.79 Å². The third kappa shape index (κ3) is 4.80. The quantitative estimate of drug-likeness (QED) is 0.608. The highest BCUT2D eigenvalue weighted by atomic mass is 32.1. The Balaban J connectivity index is 1.60. The van der Waals surface area contributed by atoms with Crippen LogP contribution in [0.25, 0.3) is 11.3 Å². The van der Waals surface area contributed by atoms with Crippen molar-refractivity contribution in [2.24, 2.45) is 0 Å². The van der Waals surface area contributed by atoms with Crippen LogP contribution in [0.4, 0.5) is 0 Å². The SMILES string of the molecule is Cc1nc(-c2ccccc2)ccc1C(=O)OCC(=O)N(C)Cc1ccsc1. The molecule has 0 aliphatic heterocycles. The van der Waals surface area contributed by atoms with Gasteiger partial charge in [0.15, 0.2) is 6.61 Å². The highest BCUT2D eigenvalue weighted by Crippen LogP contribution is 2.19. The van der Waals surface area contributed by atoms with Gasteiger partial charge in [0.1, 0.15) is 0 Å². The van der Waals surface area contributed by atoms with Crippen LogP contribution in [-0.4, -0.2) is 35.4 Å². The van der Waals surface area contributed by atoms with Crippen LogP contribution in [0.1, 0.15) is 21.6 Å². The summed E-state index contributed by atoms with van der Waals surface area (Å²) in [6.07, 6.45) is 0. The summed E-state index contributed by atoms with van der Waals surface area (Å²) in [4.78, 5) is 30.5. The van der Waals surface area contributed by atoms with Gasteiger partial charge in [-0.3, -0.25) is 9.78 Å². The number of amides is 1. The molecule has 138 valence electrons. The van der Waals surface area contributed by atoms with E-state index in [4.69, 9.17) is 4.74 Å². The molecule has 0 bridgehead atoms. The second-order valence-electron chi connectivity index (χ2n) is 6.15. The average Bonchev–Trinajstić information content (AvgIpc) is 3.19. The number of esters is 1. The molecule has 0 spiro atoms. The van der Waals surface area contributed by atoms with Gasteiger partial charge in [0.2, 0.25) is 0 Å². The number of thiophene rings is 1. The minimum atomic E-state index is -0.545. The fraction of sp³-hybridized carbons (Fsp3) is 0.190. The number of likely N-dealkylation sites (N-methyl/N-ethyl adjacent to an activating group) is 1. The molecule has 1 aromatic carbocycles. The monoisotopic (exact) mass is 380 g/mol. The predicted octanol–water partition coefficient (Wildman–Crippen LogP) is 3.93. The molecule has 0 saturated heterocycles. The van der Waals surface area contributed by atoms with E-state index in [9.17, 15) is 9.59 Å². The molecule has 3 aromatic rings. The maximum atomic E-state index is 12.3. The number of pyridine rings is 1. The van der Waals surface area contributed by atoms with E-state index >= 15 is 0 Å². The molecule has 0 aliphatic rings. The predicted molar refractivity (Wildman–Crippen MR) is 105 cm³/mol. The standard InChI is InChI=1S/C21H20N2O3S/c1-15-18(8-9-19(22-15)17-6-4-3-5-7-17)21(25)26-13-20(24)23(2)12-16-10-11-27-14-16/h3-11,14H,12-13H2,1-2H3. The van der Waals surface area contributed by atoms with Gasteiger partial charge < -0.3 is 9.64 Å². The molecule has 6 heteroatoms. The number of nitrogens with zero attached hydrogens (tertiary/aromatic N) is 2. The van der Waals surface area contributed by atoms with Crippen LogP contribution in [-0.2, 0) is 16.1 Å². The number of carbonyl (C=O) groups is 2. The van der Waals surface area contributed by atoms with Crippen LogP contribution in [0.5, 0.6) is 0 Å². The van der Waals surface area contributed by atoms with Gasteiger partial charge in [-0.15, -0.1) is 0 Å². The number of benzene rings is 1. The molecule has 27 heavy (non-hydrogen) atoms. The Morgan fingerprint density at radius 3 is 2.56 bits per heavy atom. The number of aromatic nitrogens is 1. The molecule has 0 fully saturated rings. The molecule has 0 unspecified atom stereocenters. The lowest BCUT2D eigenvalue weighted by Crippen LogP contribution is -2.30. The highest BCUT2D eigenvalue weighted by Gasteiger charge is 2.16. The third-order valence-corrected chi connectivity index (χ3v) is 4.86. The van der Waals surface area contributed by atoms with E-state index in [1.165, 1.54) is 0 Å². The smallest absolute Gasteiger partial charge is 0.340 e. The van der Waals surface area contributed by atoms with Gasteiger partial charge in [0.05, 0.1) is 17.0 Å². The Bertz CT molecular complexity index is 924. The van der Waals surface area contributed by atoms with Crippen molar-refractivity contribution in [2.75, 3.05) is 13.7 Å². The van der Waals surface area contributed by atoms with Crippen LogP contribution >= 0.6 is 11.3 Å². The Kier molecular flexibility index (Phi) is 5.98. The van der Waals surface area contributed by atoms with Crippen molar-refractivity contribution in [2.45, 2.75) is 13.5 Å². The third-order valence-electron chi connectivity index (χ3n) is 4.13. The molecule has 0 N–H and O–H groups in total. The minimum Gasteiger partial charge on any atom is -0.452 e. The van der Waals surface area contributed by atoms with Gasteiger partial charge in [0, 0.05) is 19.2 Å². The van der Waals surface area contributed by atoms with E-state index < -0.39 is 5.97 Å². The molecule has 1 amide bonds. The van der Waals surface area contributed by atoms with E-state index in [0.717, 1.165) is 16.8 Å².